The van der Waals surface area contributed by atoms with Crippen LogP contribution in [-0.2, 0) is 0 Å². The molecule has 0 aliphatic rings. The van der Waals surface area contributed by atoms with Crippen LogP contribution in [0.5, 0.6) is 0 Å². The number of hydrogen-bond donors (Lipinski definition) is 1. The fourth-order valence-corrected chi connectivity index (χ4v) is 1.82. The molecule has 0 amide bonds. The number of benzene rings is 1. The first-order valence-electron chi connectivity index (χ1n) is 4.57. The fraction of sp³-hybridized carbons (Fsp3) is 0.200. The Morgan fingerprint density at radius 3 is 2.93 bits per heavy atom. The number of aromatic amines is 1. The van der Waals surface area contributed by atoms with Gasteiger partial charge in [0.25, 0.3) is 5.56 Å². The molecule has 2 rings (SSSR count). The Morgan fingerprint density at radius 1 is 1.53 bits per heavy atom. The standard InChI is InChI=1S/C10H9BrN2O2/c1-2-9(14)13-8-4-3-6(11)5-7(8)10(15)12-13/h3-5H,2H2,1H3,(H,12,15). The van der Waals surface area contributed by atoms with E-state index in [0.717, 1.165) is 4.47 Å². The first kappa shape index (κ1) is 10.2. The van der Waals surface area contributed by atoms with Gasteiger partial charge in [-0.2, -0.15) is 0 Å². The van der Waals surface area contributed by atoms with Crippen molar-refractivity contribution in [2.75, 3.05) is 0 Å². The molecule has 0 saturated heterocycles. The number of nitrogens with one attached hydrogen (secondary N) is 1. The van der Waals surface area contributed by atoms with Crippen LogP contribution in [-0.4, -0.2) is 15.7 Å². The molecule has 1 aromatic heterocycles. The van der Waals surface area contributed by atoms with Gasteiger partial charge >= 0.3 is 0 Å². The van der Waals surface area contributed by atoms with E-state index in [0.29, 0.717) is 17.3 Å². The number of nitrogens with zero attached hydrogens (tertiary/aromatic N) is 1. The van der Waals surface area contributed by atoms with Crippen LogP contribution in [0.25, 0.3) is 10.9 Å². The van der Waals surface area contributed by atoms with E-state index in [4.69, 9.17) is 0 Å². The summed E-state index contributed by atoms with van der Waals surface area (Å²) in [5.74, 6) is -0.121. The van der Waals surface area contributed by atoms with E-state index in [9.17, 15) is 9.59 Å². The molecule has 4 nitrogen and oxygen atoms in total. The van der Waals surface area contributed by atoms with Gasteiger partial charge in [-0.05, 0) is 18.2 Å². The highest BCUT2D eigenvalue weighted by Crippen LogP contribution is 2.16. The summed E-state index contributed by atoms with van der Waals surface area (Å²) in [6, 6.07) is 5.24. The molecule has 0 radical (unpaired) electrons. The second-order valence-corrected chi connectivity index (χ2v) is 4.10. The minimum atomic E-state index is -0.242. The molecule has 15 heavy (non-hydrogen) atoms. The Balaban J connectivity index is 2.79. The Labute approximate surface area is 94.0 Å². The SMILES string of the molecule is CCC(=O)n1[nH]c(=O)c2cc(Br)ccc21. The average Bonchev–Trinajstić information content (AvgIpc) is 2.55. The zero-order chi connectivity index (χ0) is 11.0. The predicted molar refractivity (Wildman–Crippen MR) is 61.2 cm³/mol. The van der Waals surface area contributed by atoms with Gasteiger partial charge in [-0.15, -0.1) is 0 Å². The van der Waals surface area contributed by atoms with Crippen molar-refractivity contribution in [1.29, 1.82) is 0 Å². The highest BCUT2D eigenvalue weighted by Gasteiger charge is 2.10. The number of halogens is 1. The lowest BCUT2D eigenvalue weighted by molar-refractivity contribution is 0.0898. The maximum absolute atomic E-state index is 11.5. The van der Waals surface area contributed by atoms with Crippen molar-refractivity contribution in [3.8, 4) is 0 Å². The number of carbonyl (C=O) groups is 1. The van der Waals surface area contributed by atoms with Crippen LogP contribution in [0, 0.1) is 0 Å². The molecule has 0 saturated carbocycles. The Kier molecular flexibility index (Phi) is 2.48. The minimum Gasteiger partial charge on any atom is -0.273 e. The second kappa shape index (κ2) is 3.66. The third kappa shape index (κ3) is 1.63. The Bertz CT molecular complexity index is 583. The zero-order valence-corrected chi connectivity index (χ0v) is 9.67. The number of fused-ring (bicyclic) bond motifs is 1. The highest BCUT2D eigenvalue weighted by molar-refractivity contribution is 9.10. The van der Waals surface area contributed by atoms with E-state index in [-0.39, 0.29) is 11.5 Å². The Hall–Kier alpha value is -1.36. The summed E-state index contributed by atoms with van der Waals surface area (Å²) in [6.45, 7) is 1.76. The molecule has 0 bridgehead atoms. The van der Waals surface area contributed by atoms with Crippen molar-refractivity contribution in [1.82, 2.24) is 9.78 Å². The third-order valence-electron chi connectivity index (χ3n) is 2.21. The number of H-pyrrole nitrogens is 1. The van der Waals surface area contributed by atoms with Crippen molar-refractivity contribution in [3.63, 3.8) is 0 Å². The smallest absolute Gasteiger partial charge is 0.272 e. The number of aromatic nitrogens is 2. The minimum absolute atomic E-state index is 0.121. The van der Waals surface area contributed by atoms with Crippen LogP contribution >= 0.6 is 15.9 Å². The molecule has 78 valence electrons. The van der Waals surface area contributed by atoms with E-state index in [1.807, 2.05) is 0 Å². The first-order chi connectivity index (χ1) is 7.13. The van der Waals surface area contributed by atoms with Crippen LogP contribution < -0.4 is 5.56 Å². The second-order valence-electron chi connectivity index (χ2n) is 3.19. The topological polar surface area (TPSA) is 54.9 Å². The van der Waals surface area contributed by atoms with Crippen LogP contribution in [0.15, 0.2) is 27.5 Å². The zero-order valence-electron chi connectivity index (χ0n) is 8.08. The van der Waals surface area contributed by atoms with Gasteiger partial charge in [0, 0.05) is 10.9 Å². The van der Waals surface area contributed by atoms with Crippen LogP contribution in [0.4, 0.5) is 0 Å². The molecule has 1 aromatic carbocycles. The normalized spacial score (nSPS) is 10.8. The molecule has 2 aromatic rings. The third-order valence-corrected chi connectivity index (χ3v) is 2.70. The van der Waals surface area contributed by atoms with Gasteiger partial charge in [0.1, 0.15) is 0 Å². The fourth-order valence-electron chi connectivity index (χ4n) is 1.46. The van der Waals surface area contributed by atoms with Crippen LogP contribution in [0.3, 0.4) is 0 Å². The van der Waals surface area contributed by atoms with E-state index < -0.39 is 0 Å². The molecule has 0 fully saturated rings. The Morgan fingerprint density at radius 2 is 2.27 bits per heavy atom. The molecule has 0 aliphatic heterocycles. The largest absolute Gasteiger partial charge is 0.273 e. The summed E-state index contributed by atoms with van der Waals surface area (Å²) in [4.78, 5) is 23.0. The summed E-state index contributed by atoms with van der Waals surface area (Å²) >= 11 is 3.28. The van der Waals surface area contributed by atoms with Gasteiger partial charge in [0.2, 0.25) is 5.91 Å². The first-order valence-corrected chi connectivity index (χ1v) is 5.36. The molecule has 1 heterocycles. The lowest BCUT2D eigenvalue weighted by Crippen LogP contribution is -2.13. The van der Waals surface area contributed by atoms with Crippen molar-refractivity contribution < 1.29 is 4.79 Å². The number of rotatable bonds is 1. The molecule has 0 atom stereocenters. The van der Waals surface area contributed by atoms with Gasteiger partial charge in [-0.25, -0.2) is 4.68 Å². The predicted octanol–water partition coefficient (Wildman–Crippen LogP) is 2.14. The van der Waals surface area contributed by atoms with Crippen LogP contribution in [0.2, 0.25) is 0 Å². The van der Waals surface area contributed by atoms with Gasteiger partial charge in [0.05, 0.1) is 10.9 Å². The summed E-state index contributed by atoms with van der Waals surface area (Å²) in [5.41, 5.74) is 0.378. The van der Waals surface area contributed by atoms with Crippen molar-refractivity contribution in [2.45, 2.75) is 13.3 Å². The van der Waals surface area contributed by atoms with E-state index in [1.54, 1.807) is 25.1 Å². The van der Waals surface area contributed by atoms with Gasteiger partial charge in [-0.1, -0.05) is 22.9 Å². The highest BCUT2D eigenvalue weighted by atomic mass is 79.9. The van der Waals surface area contributed by atoms with Crippen LogP contribution in [0.1, 0.15) is 18.1 Å². The lowest BCUT2D eigenvalue weighted by atomic mass is 10.2. The maximum atomic E-state index is 11.5. The van der Waals surface area contributed by atoms with Crippen molar-refractivity contribution in [2.24, 2.45) is 0 Å². The molecule has 0 aliphatic carbocycles. The molecule has 5 heteroatoms. The summed E-state index contributed by atoms with van der Waals surface area (Å²) in [5, 5.41) is 3.04. The van der Waals surface area contributed by atoms with E-state index >= 15 is 0 Å². The molecule has 0 spiro atoms. The van der Waals surface area contributed by atoms with Gasteiger partial charge in [0.15, 0.2) is 0 Å². The number of hydrogen-bond acceptors (Lipinski definition) is 2. The van der Waals surface area contributed by atoms with Gasteiger partial charge in [-0.3, -0.25) is 14.7 Å². The van der Waals surface area contributed by atoms with Crippen molar-refractivity contribution >= 4 is 32.7 Å². The quantitative estimate of drug-likeness (QED) is 0.862. The molecule has 0 unspecified atom stereocenters. The summed E-state index contributed by atoms with van der Waals surface area (Å²) in [6.07, 6.45) is 0.357. The van der Waals surface area contributed by atoms with E-state index in [1.165, 1.54) is 4.68 Å². The summed E-state index contributed by atoms with van der Waals surface area (Å²) < 4.78 is 2.12. The summed E-state index contributed by atoms with van der Waals surface area (Å²) in [7, 11) is 0. The lowest BCUT2D eigenvalue weighted by Gasteiger charge is -1.99. The average molecular weight is 269 g/mol. The molecular weight excluding hydrogens is 260 g/mol. The molecule has 1 N–H and O–H groups in total. The monoisotopic (exact) mass is 268 g/mol. The van der Waals surface area contributed by atoms with Gasteiger partial charge < -0.3 is 0 Å². The molecular formula is C10H9BrN2O2. The number of carbonyl (C=O) groups excluding carboxylic acids is 1. The van der Waals surface area contributed by atoms with Crippen molar-refractivity contribution in [3.05, 3.63) is 33.0 Å². The maximum Gasteiger partial charge on any atom is 0.272 e. The van der Waals surface area contributed by atoms with E-state index in [2.05, 4.69) is 21.0 Å².